The topological polar surface area (TPSA) is 80.3 Å². The molecule has 2 N–H and O–H groups in total. The first-order valence-electron chi connectivity index (χ1n) is 7.63. The Bertz CT molecular complexity index is 697. The number of carbonyl (C=O) groups excluding carboxylic acids is 2. The lowest BCUT2D eigenvalue weighted by Crippen LogP contribution is -2.38. The molecule has 0 aliphatic carbocycles. The number of urea groups is 1. The van der Waals surface area contributed by atoms with Crippen molar-refractivity contribution in [1.29, 1.82) is 0 Å². The third-order valence-electron chi connectivity index (χ3n) is 3.50. The van der Waals surface area contributed by atoms with Crippen LogP contribution in [0, 0.1) is 6.92 Å². The van der Waals surface area contributed by atoms with Crippen molar-refractivity contribution in [1.82, 2.24) is 15.6 Å². The fraction of sp³-hybridized carbons (Fsp3) is 0.353. The van der Waals surface area contributed by atoms with Crippen LogP contribution in [-0.2, 0) is 11.2 Å². The van der Waals surface area contributed by atoms with Crippen LogP contribution in [-0.4, -0.2) is 30.6 Å². The molecule has 6 nitrogen and oxygen atoms in total. The first-order chi connectivity index (χ1) is 11.5. The highest BCUT2D eigenvalue weighted by Gasteiger charge is 2.11. The maximum absolute atomic E-state index is 11.9. The molecule has 0 aliphatic heterocycles. The van der Waals surface area contributed by atoms with Gasteiger partial charge in [0.15, 0.2) is 0 Å². The monoisotopic (exact) mass is 347 g/mol. The number of nitrogens with one attached hydrogen (secondary N) is 2. The number of esters is 1. The number of nitrogens with zero attached hydrogens (tertiary/aromatic N) is 1. The summed E-state index contributed by atoms with van der Waals surface area (Å²) in [5, 5.41) is 8.61. The Morgan fingerprint density at radius 3 is 2.58 bits per heavy atom. The summed E-state index contributed by atoms with van der Waals surface area (Å²) in [6.45, 7) is 4.35. The largest absolute Gasteiger partial charge is 0.465 e. The van der Waals surface area contributed by atoms with Gasteiger partial charge in [-0.2, -0.15) is 0 Å². The molecule has 128 valence electrons. The molecule has 24 heavy (non-hydrogen) atoms. The summed E-state index contributed by atoms with van der Waals surface area (Å²) in [6.07, 6.45) is 0.680. The van der Waals surface area contributed by atoms with Gasteiger partial charge < -0.3 is 15.4 Å². The number of amides is 2. The van der Waals surface area contributed by atoms with Gasteiger partial charge in [-0.3, -0.25) is 0 Å². The minimum atomic E-state index is -0.356. The van der Waals surface area contributed by atoms with Crippen molar-refractivity contribution < 1.29 is 14.3 Å². The van der Waals surface area contributed by atoms with E-state index in [1.54, 1.807) is 23.5 Å². The van der Waals surface area contributed by atoms with Gasteiger partial charge >= 0.3 is 12.0 Å². The van der Waals surface area contributed by atoms with Crippen molar-refractivity contribution in [2.75, 3.05) is 13.7 Å². The Kier molecular flexibility index (Phi) is 6.31. The van der Waals surface area contributed by atoms with E-state index in [0.717, 1.165) is 16.3 Å². The zero-order valence-electron chi connectivity index (χ0n) is 14.0. The molecule has 0 saturated heterocycles. The molecule has 0 bridgehead atoms. The molecule has 2 aromatic rings. The average Bonchev–Trinajstić information content (AvgIpc) is 3.01. The SMILES string of the molecule is COC(=O)c1ccc(CCNC(=O)NC(C)c2csc(C)n2)cc1. The van der Waals surface area contributed by atoms with Gasteiger partial charge in [0.05, 0.1) is 29.4 Å². The molecule has 1 heterocycles. The Morgan fingerprint density at radius 1 is 1.29 bits per heavy atom. The second kappa shape index (κ2) is 8.44. The number of thiazole rings is 1. The zero-order chi connectivity index (χ0) is 17.5. The molecular weight excluding hydrogens is 326 g/mol. The van der Waals surface area contributed by atoms with E-state index in [4.69, 9.17) is 0 Å². The second-order valence-electron chi connectivity index (χ2n) is 5.35. The van der Waals surface area contributed by atoms with Gasteiger partial charge in [0.1, 0.15) is 0 Å². The van der Waals surface area contributed by atoms with E-state index >= 15 is 0 Å². The minimum Gasteiger partial charge on any atom is -0.465 e. The number of rotatable bonds is 6. The first kappa shape index (κ1) is 17.9. The summed E-state index contributed by atoms with van der Waals surface area (Å²) in [6, 6.07) is 6.79. The van der Waals surface area contributed by atoms with Crippen molar-refractivity contribution in [3.63, 3.8) is 0 Å². The molecule has 1 atom stereocenters. The van der Waals surface area contributed by atoms with Crippen LogP contribution in [0.15, 0.2) is 29.6 Å². The standard InChI is InChI=1S/C17H21N3O3S/c1-11(15-10-24-12(2)20-15)19-17(22)18-9-8-13-4-6-14(7-5-13)16(21)23-3/h4-7,10-11H,8-9H2,1-3H3,(H2,18,19,22). The molecule has 0 radical (unpaired) electrons. The van der Waals surface area contributed by atoms with Crippen molar-refractivity contribution in [3.05, 3.63) is 51.5 Å². The van der Waals surface area contributed by atoms with Crippen LogP contribution < -0.4 is 10.6 Å². The number of benzene rings is 1. The third-order valence-corrected chi connectivity index (χ3v) is 4.29. The molecule has 0 fully saturated rings. The fourth-order valence-electron chi connectivity index (χ4n) is 2.15. The highest BCUT2D eigenvalue weighted by Crippen LogP contribution is 2.15. The molecule has 7 heteroatoms. The lowest BCUT2D eigenvalue weighted by atomic mass is 10.1. The van der Waals surface area contributed by atoms with Crippen LogP contribution in [0.5, 0.6) is 0 Å². The minimum absolute atomic E-state index is 0.130. The molecule has 1 aromatic heterocycles. The van der Waals surface area contributed by atoms with Crippen molar-refractivity contribution in [3.8, 4) is 0 Å². The van der Waals surface area contributed by atoms with Crippen molar-refractivity contribution in [2.24, 2.45) is 0 Å². The van der Waals surface area contributed by atoms with Gasteiger partial charge in [0.25, 0.3) is 0 Å². The maximum atomic E-state index is 11.9. The first-order valence-corrected chi connectivity index (χ1v) is 8.51. The van der Waals surface area contributed by atoms with Gasteiger partial charge in [-0.1, -0.05) is 12.1 Å². The number of carbonyl (C=O) groups is 2. The van der Waals surface area contributed by atoms with E-state index in [2.05, 4.69) is 20.4 Å². The number of ether oxygens (including phenoxy) is 1. The van der Waals surface area contributed by atoms with Gasteiger partial charge in [0, 0.05) is 11.9 Å². The Hall–Kier alpha value is -2.41. The van der Waals surface area contributed by atoms with E-state index in [1.807, 2.05) is 31.4 Å². The van der Waals surface area contributed by atoms with E-state index in [0.29, 0.717) is 18.5 Å². The van der Waals surface area contributed by atoms with Crippen molar-refractivity contribution >= 4 is 23.3 Å². The number of hydrogen-bond acceptors (Lipinski definition) is 5. The summed E-state index contributed by atoms with van der Waals surface area (Å²) in [5.74, 6) is -0.356. The summed E-state index contributed by atoms with van der Waals surface area (Å²) in [5.41, 5.74) is 2.41. The Morgan fingerprint density at radius 2 is 2.00 bits per heavy atom. The van der Waals surface area contributed by atoms with E-state index < -0.39 is 0 Å². The fourth-order valence-corrected chi connectivity index (χ4v) is 2.85. The lowest BCUT2D eigenvalue weighted by molar-refractivity contribution is 0.0600. The van der Waals surface area contributed by atoms with Crippen LogP contribution in [0.4, 0.5) is 4.79 Å². The predicted molar refractivity (Wildman–Crippen MR) is 93.3 cm³/mol. The van der Waals surface area contributed by atoms with Crippen LogP contribution in [0.25, 0.3) is 0 Å². The van der Waals surface area contributed by atoms with E-state index in [9.17, 15) is 9.59 Å². The lowest BCUT2D eigenvalue weighted by Gasteiger charge is -2.12. The number of hydrogen-bond donors (Lipinski definition) is 2. The molecule has 2 rings (SSSR count). The molecular formula is C17H21N3O3S. The van der Waals surface area contributed by atoms with Crippen LogP contribution >= 0.6 is 11.3 Å². The third kappa shape index (κ3) is 5.06. The Balaban J connectivity index is 1.75. The van der Waals surface area contributed by atoms with Gasteiger partial charge in [0.2, 0.25) is 0 Å². The summed E-state index contributed by atoms with van der Waals surface area (Å²) in [4.78, 5) is 27.6. The average molecular weight is 347 g/mol. The van der Waals surface area contributed by atoms with Crippen LogP contribution in [0.2, 0.25) is 0 Å². The van der Waals surface area contributed by atoms with Crippen LogP contribution in [0.3, 0.4) is 0 Å². The smallest absolute Gasteiger partial charge is 0.337 e. The molecule has 1 aromatic carbocycles. The second-order valence-corrected chi connectivity index (χ2v) is 6.41. The molecule has 0 saturated carbocycles. The Labute approximate surface area is 145 Å². The molecule has 2 amide bonds. The van der Waals surface area contributed by atoms with E-state index in [-0.39, 0.29) is 18.0 Å². The zero-order valence-corrected chi connectivity index (χ0v) is 14.8. The highest BCUT2D eigenvalue weighted by atomic mass is 32.1. The summed E-state index contributed by atoms with van der Waals surface area (Å²) < 4.78 is 4.66. The summed E-state index contributed by atoms with van der Waals surface area (Å²) in [7, 11) is 1.35. The predicted octanol–water partition coefficient (Wildman–Crippen LogP) is 2.84. The highest BCUT2D eigenvalue weighted by molar-refractivity contribution is 7.09. The molecule has 1 unspecified atom stereocenters. The van der Waals surface area contributed by atoms with E-state index in [1.165, 1.54) is 7.11 Å². The normalized spacial score (nSPS) is 11.6. The maximum Gasteiger partial charge on any atom is 0.337 e. The summed E-state index contributed by atoms with van der Waals surface area (Å²) >= 11 is 1.56. The van der Waals surface area contributed by atoms with Gasteiger partial charge in [-0.05, 0) is 38.0 Å². The quantitative estimate of drug-likeness (QED) is 0.788. The van der Waals surface area contributed by atoms with Crippen LogP contribution in [0.1, 0.15) is 39.6 Å². The molecule has 0 spiro atoms. The molecule has 0 aliphatic rings. The number of aromatic nitrogens is 1. The number of aryl methyl sites for hydroxylation is 1. The van der Waals surface area contributed by atoms with Crippen molar-refractivity contribution in [2.45, 2.75) is 26.3 Å². The van der Waals surface area contributed by atoms with Gasteiger partial charge in [-0.15, -0.1) is 11.3 Å². The number of methoxy groups -OCH3 is 1. The van der Waals surface area contributed by atoms with Gasteiger partial charge in [-0.25, -0.2) is 14.6 Å².